The number of nitrogens with zero attached hydrogens (tertiary/aromatic N) is 3. The van der Waals surface area contributed by atoms with Gasteiger partial charge in [-0.2, -0.15) is 10.1 Å². The molecule has 1 unspecified atom stereocenters. The van der Waals surface area contributed by atoms with Gasteiger partial charge in [0.1, 0.15) is 6.26 Å². The molecule has 134 valence electrons. The van der Waals surface area contributed by atoms with Gasteiger partial charge in [0.25, 0.3) is 5.91 Å². The Morgan fingerprint density at radius 2 is 1.96 bits per heavy atom. The van der Waals surface area contributed by atoms with Crippen LogP contribution in [0.2, 0.25) is 0 Å². The third kappa shape index (κ3) is 3.22. The van der Waals surface area contributed by atoms with Crippen LogP contribution in [0.25, 0.3) is 11.5 Å². The van der Waals surface area contributed by atoms with E-state index >= 15 is 0 Å². The van der Waals surface area contributed by atoms with Crippen molar-refractivity contribution in [3.05, 3.63) is 67.1 Å². The summed E-state index contributed by atoms with van der Waals surface area (Å²) in [6.45, 7) is 1.67. The van der Waals surface area contributed by atoms with Gasteiger partial charge in [-0.1, -0.05) is 24.3 Å². The van der Waals surface area contributed by atoms with Crippen molar-refractivity contribution >= 4 is 28.9 Å². The average molecular weight is 360 g/mol. The van der Waals surface area contributed by atoms with Crippen LogP contribution in [0.3, 0.4) is 0 Å². The molecule has 0 saturated carbocycles. The Morgan fingerprint density at radius 3 is 2.70 bits per heavy atom. The molecule has 2 heterocycles. The zero-order chi connectivity index (χ0) is 18.8. The summed E-state index contributed by atoms with van der Waals surface area (Å²) >= 11 is 0. The summed E-state index contributed by atoms with van der Waals surface area (Å²) in [4.78, 5) is 29.6. The number of carbonyl (C=O) groups excluding carboxylic acids is 2. The molecule has 1 aliphatic rings. The molecule has 7 heteroatoms. The molecule has 0 spiro atoms. The van der Waals surface area contributed by atoms with Crippen molar-refractivity contribution in [3.63, 3.8) is 0 Å². The molecule has 0 fully saturated rings. The van der Waals surface area contributed by atoms with Gasteiger partial charge in [0.2, 0.25) is 11.8 Å². The van der Waals surface area contributed by atoms with Crippen LogP contribution in [-0.2, 0) is 9.59 Å². The van der Waals surface area contributed by atoms with Crippen molar-refractivity contribution in [2.24, 2.45) is 11.0 Å². The lowest BCUT2D eigenvalue weighted by atomic mass is 10.0. The fourth-order valence-electron chi connectivity index (χ4n) is 2.93. The zero-order valence-corrected chi connectivity index (χ0v) is 14.5. The van der Waals surface area contributed by atoms with Crippen molar-refractivity contribution in [1.29, 1.82) is 0 Å². The lowest BCUT2D eigenvalue weighted by Crippen LogP contribution is -2.36. The number of benzene rings is 2. The van der Waals surface area contributed by atoms with Crippen LogP contribution in [0, 0.1) is 5.92 Å². The van der Waals surface area contributed by atoms with Gasteiger partial charge in [-0.3, -0.25) is 9.59 Å². The maximum Gasteiger partial charge on any atom is 0.265 e. The highest BCUT2D eigenvalue weighted by Crippen LogP contribution is 2.26. The number of nitrogens with one attached hydrogen (secondary N) is 1. The minimum absolute atomic E-state index is 0.375. The Hall–Kier alpha value is -3.74. The third-order valence-electron chi connectivity index (χ3n) is 4.20. The Labute approximate surface area is 155 Å². The van der Waals surface area contributed by atoms with Gasteiger partial charge < -0.3 is 9.73 Å². The molecule has 1 atom stereocenters. The fraction of sp³-hybridized carbons (Fsp3) is 0.100. The second-order valence-electron chi connectivity index (χ2n) is 6.07. The zero-order valence-electron chi connectivity index (χ0n) is 14.5. The second kappa shape index (κ2) is 6.87. The predicted molar refractivity (Wildman–Crippen MR) is 101 cm³/mol. The smallest absolute Gasteiger partial charge is 0.265 e. The van der Waals surface area contributed by atoms with E-state index in [1.807, 2.05) is 24.3 Å². The summed E-state index contributed by atoms with van der Waals surface area (Å²) < 4.78 is 5.27. The Morgan fingerprint density at radius 1 is 1.15 bits per heavy atom. The third-order valence-corrected chi connectivity index (χ3v) is 4.20. The van der Waals surface area contributed by atoms with Crippen LogP contribution >= 0.6 is 0 Å². The molecule has 0 radical (unpaired) electrons. The van der Waals surface area contributed by atoms with Crippen LogP contribution < -0.4 is 10.3 Å². The van der Waals surface area contributed by atoms with Crippen LogP contribution in [0.4, 0.5) is 11.4 Å². The topological polar surface area (TPSA) is 87.8 Å². The maximum atomic E-state index is 12.7. The number of hydrazone groups is 1. The van der Waals surface area contributed by atoms with Gasteiger partial charge in [-0.05, 0) is 37.3 Å². The van der Waals surface area contributed by atoms with Crippen molar-refractivity contribution < 1.29 is 14.0 Å². The summed E-state index contributed by atoms with van der Waals surface area (Å²) in [5.74, 6) is -1.31. The van der Waals surface area contributed by atoms with Gasteiger partial charge in [0.05, 0.1) is 17.6 Å². The van der Waals surface area contributed by atoms with Gasteiger partial charge >= 0.3 is 0 Å². The van der Waals surface area contributed by atoms with E-state index in [-0.39, 0.29) is 5.91 Å². The number of para-hydroxylation sites is 1. The van der Waals surface area contributed by atoms with Crippen molar-refractivity contribution in [3.8, 4) is 11.5 Å². The van der Waals surface area contributed by atoms with Gasteiger partial charge in [0, 0.05) is 11.3 Å². The van der Waals surface area contributed by atoms with E-state index in [0.717, 1.165) is 5.56 Å². The lowest BCUT2D eigenvalue weighted by Gasteiger charge is -2.14. The number of hydrogen-bond acceptors (Lipinski definition) is 5. The highest BCUT2D eigenvalue weighted by molar-refractivity contribution is 6.28. The highest BCUT2D eigenvalue weighted by atomic mass is 16.3. The highest BCUT2D eigenvalue weighted by Gasteiger charge is 2.39. The van der Waals surface area contributed by atoms with E-state index in [0.29, 0.717) is 23.0 Å². The minimum Gasteiger partial charge on any atom is -0.445 e. The van der Waals surface area contributed by atoms with Crippen molar-refractivity contribution in [2.45, 2.75) is 6.92 Å². The summed E-state index contributed by atoms with van der Waals surface area (Å²) in [6, 6.07) is 16.1. The van der Waals surface area contributed by atoms with Crippen LogP contribution in [-0.4, -0.2) is 22.5 Å². The monoisotopic (exact) mass is 360 g/mol. The Balaban J connectivity index is 1.53. The molecule has 4 rings (SSSR count). The van der Waals surface area contributed by atoms with Gasteiger partial charge in [0.15, 0.2) is 5.92 Å². The van der Waals surface area contributed by atoms with Gasteiger partial charge in [-0.25, -0.2) is 4.98 Å². The molecule has 0 saturated heterocycles. The molecular weight excluding hydrogens is 344 g/mol. The summed E-state index contributed by atoms with van der Waals surface area (Å²) in [5, 5.41) is 8.31. The molecular formula is C20H16N4O3. The number of aromatic nitrogens is 1. The standard InChI is InChI=1S/C20H16N4O3/c1-13-17(20(26)24(23-13)16-8-3-2-4-9-16)18(25)22-15-7-5-6-14(12-15)19-21-10-11-27-19/h2-12,17H,1H3,(H,22,25). The summed E-state index contributed by atoms with van der Waals surface area (Å²) in [6.07, 6.45) is 3.03. The first-order valence-electron chi connectivity index (χ1n) is 8.38. The van der Waals surface area contributed by atoms with Crippen molar-refractivity contribution in [1.82, 2.24) is 4.98 Å². The summed E-state index contributed by atoms with van der Waals surface area (Å²) in [5.41, 5.74) is 2.36. The molecule has 3 aromatic rings. The average Bonchev–Trinajstić information content (AvgIpc) is 3.31. The predicted octanol–water partition coefficient (Wildman–Crippen LogP) is 3.32. The minimum atomic E-state index is -0.962. The molecule has 7 nitrogen and oxygen atoms in total. The number of oxazole rings is 1. The van der Waals surface area contributed by atoms with Crippen LogP contribution in [0.15, 0.2) is 76.6 Å². The lowest BCUT2D eigenvalue weighted by molar-refractivity contribution is -0.127. The van der Waals surface area contributed by atoms with E-state index in [9.17, 15) is 9.59 Å². The van der Waals surface area contributed by atoms with E-state index in [1.54, 1.807) is 43.5 Å². The number of rotatable bonds is 4. The molecule has 1 aromatic heterocycles. The Bertz CT molecular complexity index is 1010. The van der Waals surface area contributed by atoms with Gasteiger partial charge in [-0.15, -0.1) is 0 Å². The van der Waals surface area contributed by atoms with E-state index in [4.69, 9.17) is 4.42 Å². The molecule has 1 aliphatic heterocycles. The molecule has 2 aromatic carbocycles. The number of hydrogen-bond donors (Lipinski definition) is 1. The first-order valence-corrected chi connectivity index (χ1v) is 8.38. The molecule has 2 amide bonds. The fourth-order valence-corrected chi connectivity index (χ4v) is 2.93. The number of carbonyl (C=O) groups is 2. The summed E-state index contributed by atoms with van der Waals surface area (Å²) in [7, 11) is 0. The largest absolute Gasteiger partial charge is 0.445 e. The van der Waals surface area contributed by atoms with Crippen molar-refractivity contribution in [2.75, 3.05) is 10.3 Å². The molecule has 0 bridgehead atoms. The van der Waals surface area contributed by atoms with Crippen LogP contribution in [0.5, 0.6) is 0 Å². The maximum absolute atomic E-state index is 12.7. The first-order chi connectivity index (χ1) is 13.1. The first kappa shape index (κ1) is 16.7. The second-order valence-corrected chi connectivity index (χ2v) is 6.07. The quantitative estimate of drug-likeness (QED) is 0.723. The molecule has 27 heavy (non-hydrogen) atoms. The van der Waals surface area contributed by atoms with E-state index in [2.05, 4.69) is 15.4 Å². The molecule has 0 aliphatic carbocycles. The SMILES string of the molecule is CC1=NN(c2ccccc2)C(=O)C1C(=O)Nc1cccc(-c2ncco2)c1. The molecule has 1 N–H and O–H groups in total. The Kier molecular flexibility index (Phi) is 4.25. The number of amides is 2. The van der Waals surface area contributed by atoms with Crippen LogP contribution in [0.1, 0.15) is 6.92 Å². The van der Waals surface area contributed by atoms with E-state index in [1.165, 1.54) is 11.3 Å². The van der Waals surface area contributed by atoms with E-state index < -0.39 is 11.8 Å². The normalized spacial score (nSPS) is 16.3. The number of anilines is 2.